The first-order chi connectivity index (χ1) is 15.5. The molecule has 3 aromatic heterocycles. The number of nitrogens with one attached hydrogen (secondary N) is 2. The zero-order valence-electron chi connectivity index (χ0n) is 18.4. The molecule has 174 valence electrons. The third-order valence-electron chi connectivity index (χ3n) is 5.18. The third-order valence-corrected chi connectivity index (χ3v) is 5.18. The lowest BCUT2D eigenvalue weighted by Gasteiger charge is -2.29. The number of nitrogens with zero attached hydrogens (tertiary/aromatic N) is 4. The van der Waals surface area contributed by atoms with E-state index in [1.807, 2.05) is 26.8 Å². The Balaban J connectivity index is 1.72. The van der Waals surface area contributed by atoms with Crippen LogP contribution in [0.2, 0.25) is 0 Å². The molecule has 0 aliphatic heterocycles. The largest absolute Gasteiger partial charge is 0.401 e. The number of pyridine rings is 2. The first-order valence-electron chi connectivity index (χ1n) is 10.3. The van der Waals surface area contributed by atoms with Crippen molar-refractivity contribution in [1.82, 2.24) is 25.5 Å². The molecule has 3 heterocycles. The van der Waals surface area contributed by atoms with Gasteiger partial charge in [-0.1, -0.05) is 38.0 Å². The second-order valence-electron chi connectivity index (χ2n) is 8.81. The monoisotopic (exact) mass is 459 g/mol. The Morgan fingerprint density at radius 3 is 2.64 bits per heavy atom. The fraction of sp³-hybridized carbons (Fsp3) is 0.364. The quantitative estimate of drug-likeness (QED) is 0.534. The van der Waals surface area contributed by atoms with Gasteiger partial charge in [0.05, 0.1) is 11.9 Å². The Hall–Kier alpha value is -3.47. The fourth-order valence-corrected chi connectivity index (χ4v) is 3.63. The zero-order valence-corrected chi connectivity index (χ0v) is 18.4. The van der Waals surface area contributed by atoms with E-state index in [2.05, 4.69) is 25.8 Å². The number of alkyl halides is 3. The number of hydrogen-bond acceptors (Lipinski definition) is 8. The van der Waals surface area contributed by atoms with Crippen LogP contribution in [-0.2, 0) is 0 Å². The number of aromatic nitrogens is 4. The van der Waals surface area contributed by atoms with E-state index >= 15 is 0 Å². The van der Waals surface area contributed by atoms with Gasteiger partial charge in [-0.3, -0.25) is 5.32 Å². The highest BCUT2D eigenvalue weighted by molar-refractivity contribution is 5.65. The first kappa shape index (κ1) is 22.7. The van der Waals surface area contributed by atoms with Gasteiger partial charge in [0.2, 0.25) is 0 Å². The number of fused-ring (bicyclic) bond motifs is 1. The summed E-state index contributed by atoms with van der Waals surface area (Å²) in [5, 5.41) is 14.7. The SMILES string of the molecule is CC(C)(C)C1=c2nc(-c3nnc(Nc4ccccn4)o3)cc(N)c2=CC(NCC(F)(F)F)C1. The Morgan fingerprint density at radius 2 is 1.97 bits per heavy atom. The van der Waals surface area contributed by atoms with Crippen molar-refractivity contribution in [3.05, 3.63) is 41.0 Å². The van der Waals surface area contributed by atoms with Crippen LogP contribution in [0.1, 0.15) is 27.2 Å². The molecule has 0 bridgehead atoms. The summed E-state index contributed by atoms with van der Waals surface area (Å²) in [7, 11) is 0. The molecule has 0 saturated carbocycles. The summed E-state index contributed by atoms with van der Waals surface area (Å²) >= 11 is 0. The maximum Gasteiger partial charge on any atom is 0.401 e. The number of nitrogens with two attached hydrogens (primary N) is 1. The maximum absolute atomic E-state index is 12.7. The maximum atomic E-state index is 12.7. The van der Waals surface area contributed by atoms with Crippen molar-refractivity contribution in [2.75, 3.05) is 17.6 Å². The average molecular weight is 459 g/mol. The molecule has 8 nitrogen and oxygen atoms in total. The van der Waals surface area contributed by atoms with Crippen LogP contribution in [0.25, 0.3) is 23.2 Å². The van der Waals surface area contributed by atoms with E-state index in [4.69, 9.17) is 15.1 Å². The molecule has 1 atom stereocenters. The second-order valence-corrected chi connectivity index (χ2v) is 8.81. The van der Waals surface area contributed by atoms with E-state index < -0.39 is 18.8 Å². The fourth-order valence-electron chi connectivity index (χ4n) is 3.63. The molecule has 1 aliphatic carbocycles. The molecule has 0 radical (unpaired) electrons. The highest BCUT2D eigenvalue weighted by Crippen LogP contribution is 2.31. The molecule has 0 amide bonds. The average Bonchev–Trinajstić information content (AvgIpc) is 3.20. The molecule has 11 heteroatoms. The molecule has 1 unspecified atom stereocenters. The molecule has 4 N–H and O–H groups in total. The lowest BCUT2D eigenvalue weighted by atomic mass is 9.80. The minimum atomic E-state index is -4.30. The van der Waals surface area contributed by atoms with Gasteiger partial charge in [-0.2, -0.15) is 13.2 Å². The van der Waals surface area contributed by atoms with Crippen LogP contribution < -0.4 is 26.9 Å². The van der Waals surface area contributed by atoms with E-state index in [0.717, 1.165) is 5.57 Å². The van der Waals surface area contributed by atoms with Gasteiger partial charge >= 0.3 is 12.2 Å². The van der Waals surface area contributed by atoms with Crippen LogP contribution in [0.3, 0.4) is 0 Å². The molecule has 0 spiro atoms. The van der Waals surface area contributed by atoms with Gasteiger partial charge < -0.3 is 15.5 Å². The Kier molecular flexibility index (Phi) is 5.83. The Labute approximate surface area is 187 Å². The molecule has 33 heavy (non-hydrogen) atoms. The van der Waals surface area contributed by atoms with E-state index in [1.54, 1.807) is 30.5 Å². The van der Waals surface area contributed by atoms with Crippen molar-refractivity contribution in [1.29, 1.82) is 0 Å². The molecular formula is C22H24F3N7O. The van der Waals surface area contributed by atoms with Crippen molar-refractivity contribution in [3.63, 3.8) is 0 Å². The predicted octanol–water partition coefficient (Wildman–Crippen LogP) is 2.75. The zero-order chi connectivity index (χ0) is 23.8. The van der Waals surface area contributed by atoms with Crippen LogP contribution in [-0.4, -0.2) is 38.9 Å². The number of hydrogen-bond donors (Lipinski definition) is 3. The summed E-state index contributed by atoms with van der Waals surface area (Å²) in [5.41, 5.74) is 7.60. The van der Waals surface area contributed by atoms with Gasteiger partial charge in [0.25, 0.3) is 5.89 Å². The van der Waals surface area contributed by atoms with E-state index in [0.29, 0.717) is 34.2 Å². The summed E-state index contributed by atoms with van der Waals surface area (Å²) in [6, 6.07) is 6.57. The topological polar surface area (TPSA) is 115 Å². The summed E-state index contributed by atoms with van der Waals surface area (Å²) in [5.74, 6) is 0.703. The molecule has 0 aromatic carbocycles. The van der Waals surface area contributed by atoms with Crippen LogP contribution in [0.4, 0.5) is 30.7 Å². The van der Waals surface area contributed by atoms with Crippen LogP contribution in [0.5, 0.6) is 0 Å². The first-order valence-corrected chi connectivity index (χ1v) is 10.3. The minimum absolute atomic E-state index is 0.143. The smallest absolute Gasteiger partial charge is 0.401 e. The van der Waals surface area contributed by atoms with Gasteiger partial charge in [-0.25, -0.2) is 9.97 Å². The van der Waals surface area contributed by atoms with Gasteiger partial charge in [0.15, 0.2) is 0 Å². The van der Waals surface area contributed by atoms with Gasteiger partial charge in [0, 0.05) is 23.1 Å². The lowest BCUT2D eigenvalue weighted by molar-refractivity contribution is -0.125. The number of anilines is 3. The van der Waals surface area contributed by atoms with Crippen LogP contribution in [0, 0.1) is 5.41 Å². The van der Waals surface area contributed by atoms with Crippen LogP contribution in [0.15, 0.2) is 34.9 Å². The summed E-state index contributed by atoms with van der Waals surface area (Å²) < 4.78 is 43.9. The van der Waals surface area contributed by atoms with Crippen molar-refractivity contribution >= 4 is 29.2 Å². The second kappa shape index (κ2) is 8.47. The highest BCUT2D eigenvalue weighted by atomic mass is 19.4. The Morgan fingerprint density at radius 1 is 1.18 bits per heavy atom. The van der Waals surface area contributed by atoms with Crippen molar-refractivity contribution in [3.8, 4) is 11.6 Å². The number of halogens is 3. The molecule has 3 aromatic rings. The Bertz CT molecular complexity index is 1260. The van der Waals surface area contributed by atoms with Gasteiger partial charge in [0.1, 0.15) is 11.5 Å². The summed E-state index contributed by atoms with van der Waals surface area (Å²) in [6.07, 6.45) is -0.603. The van der Waals surface area contributed by atoms with Gasteiger partial charge in [-0.05, 0) is 35.6 Å². The summed E-state index contributed by atoms with van der Waals surface area (Å²) in [6.45, 7) is 4.89. The molecule has 1 aliphatic rings. The number of rotatable bonds is 5. The van der Waals surface area contributed by atoms with E-state index in [-0.39, 0.29) is 17.3 Å². The third kappa shape index (κ3) is 5.30. The minimum Gasteiger partial charge on any atom is -0.401 e. The van der Waals surface area contributed by atoms with Crippen molar-refractivity contribution < 1.29 is 17.6 Å². The molecule has 0 fully saturated rings. The summed E-state index contributed by atoms with van der Waals surface area (Å²) in [4.78, 5) is 8.86. The lowest BCUT2D eigenvalue weighted by Crippen LogP contribution is -2.46. The molecule has 0 saturated heterocycles. The normalized spacial score (nSPS) is 16.3. The molecular weight excluding hydrogens is 435 g/mol. The predicted molar refractivity (Wildman–Crippen MR) is 119 cm³/mol. The standard InChI is InChI=1S/C22H24F3N7O/c1-21(2,3)14-9-12(28-11-22(23,24)25)8-13-15(26)10-16(29-18(13)14)19-31-32-20(33-19)30-17-6-4-5-7-27-17/h4-8,10,12,28H,9,11,26H2,1-3H3,(H,27,30,32). The van der Waals surface area contributed by atoms with Crippen molar-refractivity contribution in [2.45, 2.75) is 39.4 Å². The van der Waals surface area contributed by atoms with Crippen molar-refractivity contribution in [2.24, 2.45) is 5.41 Å². The van der Waals surface area contributed by atoms with E-state index in [1.165, 1.54) is 0 Å². The highest BCUT2D eigenvalue weighted by Gasteiger charge is 2.31. The van der Waals surface area contributed by atoms with E-state index in [9.17, 15) is 13.2 Å². The molecule has 4 rings (SSSR count). The van der Waals surface area contributed by atoms with Gasteiger partial charge in [-0.15, -0.1) is 5.10 Å². The number of nitrogen functional groups attached to an aromatic ring is 1. The van der Waals surface area contributed by atoms with Crippen LogP contribution >= 0.6 is 0 Å².